The van der Waals surface area contributed by atoms with Crippen molar-refractivity contribution in [3.05, 3.63) is 0 Å². The van der Waals surface area contributed by atoms with Gasteiger partial charge in [0.05, 0.1) is 6.54 Å². The van der Waals surface area contributed by atoms with Crippen LogP contribution in [0.1, 0.15) is 37.5 Å². The van der Waals surface area contributed by atoms with Gasteiger partial charge >= 0.3 is 65.1 Å². The van der Waals surface area contributed by atoms with Crippen molar-refractivity contribution < 1.29 is 102 Å². The van der Waals surface area contributed by atoms with E-state index in [0.717, 1.165) is 33.9 Å². The monoisotopic (exact) mass is 359 g/mol. The smallest absolute Gasteiger partial charge is 1.00 e. The Kier molecular flexibility index (Phi) is 49.8. The Bertz CT molecular complexity index is 279. The van der Waals surface area contributed by atoms with Gasteiger partial charge in [0, 0.05) is 20.8 Å². The van der Waals surface area contributed by atoms with Crippen LogP contribution in [0.5, 0.6) is 0 Å². The summed E-state index contributed by atoms with van der Waals surface area (Å²) in [5.41, 5.74) is 0. The van der Waals surface area contributed by atoms with Gasteiger partial charge in [0.15, 0.2) is 0 Å². The molecule has 0 heterocycles. The van der Waals surface area contributed by atoms with Gasteiger partial charge in [-0.1, -0.05) is 13.8 Å². The van der Waals surface area contributed by atoms with Crippen molar-refractivity contribution in [1.29, 1.82) is 0 Å². The molecular weight excluding hydrogens is 332 g/mol. The molecule has 0 spiro atoms. The van der Waals surface area contributed by atoms with E-state index in [4.69, 9.17) is 34.8 Å². The maximum Gasteiger partial charge on any atom is 1.00 e. The Hall–Kier alpha value is -0.160. The zero-order valence-corrected chi connectivity index (χ0v) is 19.0. The van der Waals surface area contributed by atoms with Gasteiger partial charge < -0.3 is 23.3 Å². The molecule has 130 valence electrons. The van der Waals surface area contributed by atoms with E-state index in [9.17, 15) is 4.79 Å². The summed E-state index contributed by atoms with van der Waals surface area (Å²) in [5.74, 6) is -3.25. The molecule has 0 saturated heterocycles. The number of carboxylic acids is 4. The maximum absolute atomic E-state index is 10.1. The quantitative estimate of drug-likeness (QED) is 0.361. The van der Waals surface area contributed by atoms with Crippen molar-refractivity contribution in [1.82, 2.24) is 4.90 Å². The van der Waals surface area contributed by atoms with Crippen molar-refractivity contribution in [2.75, 3.05) is 19.6 Å². The van der Waals surface area contributed by atoms with Crippen molar-refractivity contribution >= 4 is 23.9 Å². The summed E-state index contributed by atoms with van der Waals surface area (Å²) in [6, 6.07) is 0. The fraction of sp³-hybridized carbons (Fsp3) is 0.667. The van der Waals surface area contributed by atoms with Crippen molar-refractivity contribution in [2.45, 2.75) is 34.6 Å². The molecule has 0 unspecified atom stereocenters. The predicted octanol–water partition coefficient (Wildman–Crippen LogP) is -5.08. The van der Waals surface area contributed by atoms with Gasteiger partial charge in [-0.3, -0.25) is 24.1 Å². The molecule has 0 aromatic rings. The molecule has 0 rings (SSSR count). The standard InChI is InChI=1S/C6H13NO2.3C2H4O2.2Na.2H/c1-3-7(4-2)5-6(8)9;3*1-2(3)4;;;;/h3-5H2,1-2H3,(H,8,9);3*1H3,(H,3,4);;;;/q;;;;2*+1;2*-1. The van der Waals surface area contributed by atoms with Gasteiger partial charge in [-0.2, -0.15) is 0 Å². The molecule has 0 radical (unpaired) electrons. The van der Waals surface area contributed by atoms with Gasteiger partial charge in [-0.25, -0.2) is 0 Å². The molecule has 0 fully saturated rings. The molecule has 9 nitrogen and oxygen atoms in total. The molecule has 0 amide bonds. The zero-order chi connectivity index (χ0) is 18.0. The second kappa shape index (κ2) is 29.8. The first-order valence-corrected chi connectivity index (χ1v) is 5.93. The Labute approximate surface area is 183 Å². The average Bonchev–Trinajstić information content (AvgIpc) is 2.23. The first-order chi connectivity index (χ1) is 9.40. The normalized spacial score (nSPS) is 7.22. The van der Waals surface area contributed by atoms with Gasteiger partial charge in [0.25, 0.3) is 17.9 Å². The summed E-state index contributed by atoms with van der Waals surface area (Å²) in [6.45, 7) is 8.93. The SMILES string of the molecule is CC(=O)O.CC(=O)O.CC(=O)O.CCN(CC)CC(=O)O.[H-].[H-].[Na+].[Na+]. The molecule has 0 aromatic carbocycles. The second-order valence-electron chi connectivity index (χ2n) is 3.41. The molecule has 23 heavy (non-hydrogen) atoms. The van der Waals surface area contributed by atoms with E-state index in [1.54, 1.807) is 0 Å². The van der Waals surface area contributed by atoms with Crippen LogP contribution in [0.15, 0.2) is 0 Å². The van der Waals surface area contributed by atoms with Crippen LogP contribution in [-0.4, -0.2) is 68.8 Å². The van der Waals surface area contributed by atoms with Gasteiger partial charge in [-0.05, 0) is 13.1 Å². The van der Waals surface area contributed by atoms with E-state index in [1.807, 2.05) is 18.7 Å². The van der Waals surface area contributed by atoms with Gasteiger partial charge in [0.2, 0.25) is 0 Å². The second-order valence-corrected chi connectivity index (χ2v) is 3.41. The van der Waals surface area contributed by atoms with Gasteiger partial charge in [-0.15, -0.1) is 0 Å². The molecule has 11 heteroatoms. The largest absolute Gasteiger partial charge is 1.00 e. The molecule has 0 aliphatic heterocycles. The Morgan fingerprint density at radius 1 is 0.739 bits per heavy atom. The molecule has 0 aliphatic rings. The third kappa shape index (κ3) is 140. The third-order valence-corrected chi connectivity index (χ3v) is 1.25. The summed E-state index contributed by atoms with van der Waals surface area (Å²) in [6.07, 6.45) is 0. The van der Waals surface area contributed by atoms with E-state index in [1.165, 1.54) is 0 Å². The molecular formula is C12H27NNa2O8. The molecule has 0 saturated carbocycles. The van der Waals surface area contributed by atoms with Crippen LogP contribution in [0, 0.1) is 0 Å². The van der Waals surface area contributed by atoms with Gasteiger partial charge in [0.1, 0.15) is 0 Å². The zero-order valence-electron chi connectivity index (χ0n) is 17.0. The van der Waals surface area contributed by atoms with Crippen LogP contribution in [-0.2, 0) is 19.2 Å². The first kappa shape index (κ1) is 38.4. The fourth-order valence-electron chi connectivity index (χ4n) is 0.639. The fourth-order valence-corrected chi connectivity index (χ4v) is 0.639. The van der Waals surface area contributed by atoms with Crippen LogP contribution in [0.2, 0.25) is 0 Å². The topological polar surface area (TPSA) is 152 Å². The number of rotatable bonds is 4. The summed E-state index contributed by atoms with van der Waals surface area (Å²) in [5, 5.41) is 30.6. The van der Waals surface area contributed by atoms with E-state index in [-0.39, 0.29) is 68.5 Å². The van der Waals surface area contributed by atoms with Crippen molar-refractivity contribution in [3.8, 4) is 0 Å². The minimum atomic E-state index is -0.833. The summed E-state index contributed by atoms with van der Waals surface area (Å²) in [4.78, 5) is 38.9. The van der Waals surface area contributed by atoms with Crippen LogP contribution < -0.4 is 59.1 Å². The molecule has 4 N–H and O–H groups in total. The number of carbonyl (C=O) groups is 4. The van der Waals surface area contributed by atoms with E-state index >= 15 is 0 Å². The predicted molar refractivity (Wildman–Crippen MR) is 77.6 cm³/mol. The van der Waals surface area contributed by atoms with Crippen LogP contribution in [0.4, 0.5) is 0 Å². The summed E-state index contributed by atoms with van der Waals surface area (Å²) < 4.78 is 0. The first-order valence-electron chi connectivity index (χ1n) is 5.93. The Morgan fingerprint density at radius 2 is 0.913 bits per heavy atom. The summed E-state index contributed by atoms with van der Waals surface area (Å²) >= 11 is 0. The summed E-state index contributed by atoms with van der Waals surface area (Å²) in [7, 11) is 0. The average molecular weight is 359 g/mol. The molecule has 0 aromatic heterocycles. The number of hydrogen-bond acceptors (Lipinski definition) is 5. The van der Waals surface area contributed by atoms with Crippen LogP contribution in [0.25, 0.3) is 0 Å². The van der Waals surface area contributed by atoms with E-state index < -0.39 is 23.9 Å². The van der Waals surface area contributed by atoms with E-state index in [2.05, 4.69) is 0 Å². The molecule has 0 aliphatic carbocycles. The van der Waals surface area contributed by atoms with Crippen LogP contribution >= 0.6 is 0 Å². The number of nitrogens with zero attached hydrogens (tertiary/aromatic N) is 1. The number of aliphatic carboxylic acids is 4. The third-order valence-electron chi connectivity index (χ3n) is 1.25. The Balaban J connectivity index is -0.0000000263. The minimum Gasteiger partial charge on any atom is -1.00 e. The minimum absolute atomic E-state index is 0. The van der Waals surface area contributed by atoms with Crippen LogP contribution in [0.3, 0.4) is 0 Å². The number of likely N-dealkylation sites (N-methyl/N-ethyl adjacent to an activating group) is 1. The number of carboxylic acid groups (broad SMARTS) is 4. The maximum atomic E-state index is 10.1. The molecule has 0 bridgehead atoms. The Morgan fingerprint density at radius 3 is 0.957 bits per heavy atom. The van der Waals surface area contributed by atoms with Crippen molar-refractivity contribution in [3.63, 3.8) is 0 Å². The van der Waals surface area contributed by atoms with E-state index in [0.29, 0.717) is 0 Å². The van der Waals surface area contributed by atoms with Crippen molar-refractivity contribution in [2.24, 2.45) is 0 Å². The molecule has 0 atom stereocenters. The number of hydrogen-bond donors (Lipinski definition) is 4.